The molecule has 0 spiro atoms. The van der Waals surface area contributed by atoms with Crippen molar-refractivity contribution in [3.63, 3.8) is 0 Å². The molecular weight excluding hydrogens is 417 g/mol. The molecule has 176 valence electrons. The van der Waals surface area contributed by atoms with Crippen molar-refractivity contribution in [3.05, 3.63) is 54.0 Å². The normalized spacial score (nSPS) is 20.0. The van der Waals surface area contributed by atoms with Gasteiger partial charge in [-0.1, -0.05) is 12.2 Å². The zero-order valence-electron chi connectivity index (χ0n) is 20.4. The summed E-state index contributed by atoms with van der Waals surface area (Å²) in [6.45, 7) is 9.68. The van der Waals surface area contributed by atoms with Crippen molar-refractivity contribution < 1.29 is 9.50 Å². The average molecular weight is 452 g/mol. The Balaban J connectivity index is 1.58. The number of hydrogen-bond donors (Lipinski definition) is 2. The SMILES string of the molecule is CN1C=C(c2cc(O)c(-c3ccc(N(C)C4CC(C)(C)NC(C)(C)C4)nn3)c(F)c2)C=CC1. The number of phenols is 1. The van der Waals surface area contributed by atoms with Crippen molar-refractivity contribution >= 4 is 11.4 Å². The highest BCUT2D eigenvalue weighted by atomic mass is 19.1. The van der Waals surface area contributed by atoms with Crippen molar-refractivity contribution in [2.75, 3.05) is 25.5 Å². The molecule has 33 heavy (non-hydrogen) atoms. The number of allylic oxidation sites excluding steroid dienone is 2. The first-order valence-corrected chi connectivity index (χ1v) is 11.4. The van der Waals surface area contributed by atoms with Crippen LogP contribution in [0, 0.1) is 5.82 Å². The number of hydrogen-bond acceptors (Lipinski definition) is 6. The zero-order chi connectivity index (χ0) is 24.0. The second-order valence-corrected chi connectivity index (χ2v) is 10.6. The van der Waals surface area contributed by atoms with E-state index in [0.29, 0.717) is 17.3 Å². The van der Waals surface area contributed by atoms with E-state index >= 15 is 4.39 Å². The molecule has 0 unspecified atom stereocenters. The lowest BCUT2D eigenvalue weighted by atomic mass is 9.79. The van der Waals surface area contributed by atoms with Crippen LogP contribution in [0.25, 0.3) is 16.8 Å². The molecular formula is C26H34FN5O. The van der Waals surface area contributed by atoms with E-state index in [4.69, 9.17) is 0 Å². The lowest BCUT2D eigenvalue weighted by Gasteiger charge is -2.49. The maximum atomic E-state index is 15.1. The van der Waals surface area contributed by atoms with Gasteiger partial charge in [-0.15, -0.1) is 10.2 Å². The molecule has 1 aromatic carbocycles. The van der Waals surface area contributed by atoms with Gasteiger partial charge in [0, 0.05) is 44.0 Å². The number of phenolic OH excluding ortho intramolecular Hbond substituents is 1. The highest BCUT2D eigenvalue weighted by Gasteiger charge is 2.39. The number of halogens is 1. The number of benzene rings is 1. The second-order valence-electron chi connectivity index (χ2n) is 10.6. The van der Waals surface area contributed by atoms with E-state index in [1.165, 1.54) is 6.07 Å². The molecule has 3 heterocycles. The third-order valence-corrected chi connectivity index (χ3v) is 6.44. The monoisotopic (exact) mass is 451 g/mol. The number of nitrogens with one attached hydrogen (secondary N) is 1. The van der Waals surface area contributed by atoms with Crippen LogP contribution in [0.1, 0.15) is 46.1 Å². The summed E-state index contributed by atoms with van der Waals surface area (Å²) in [5, 5.41) is 23.0. The molecule has 0 radical (unpaired) electrons. The van der Waals surface area contributed by atoms with Crippen molar-refractivity contribution in [3.8, 4) is 17.0 Å². The average Bonchev–Trinajstić information content (AvgIpc) is 2.71. The van der Waals surface area contributed by atoms with Gasteiger partial charge < -0.3 is 20.2 Å². The first kappa shape index (κ1) is 23.2. The molecule has 2 aliphatic rings. The molecule has 2 aromatic rings. The van der Waals surface area contributed by atoms with Gasteiger partial charge in [-0.25, -0.2) is 4.39 Å². The minimum Gasteiger partial charge on any atom is -0.507 e. The van der Waals surface area contributed by atoms with E-state index in [9.17, 15) is 5.11 Å². The number of rotatable bonds is 4. The smallest absolute Gasteiger partial charge is 0.151 e. The Labute approximate surface area is 195 Å². The van der Waals surface area contributed by atoms with E-state index in [1.54, 1.807) is 12.1 Å². The van der Waals surface area contributed by atoms with Crippen LogP contribution in [0.5, 0.6) is 5.75 Å². The van der Waals surface area contributed by atoms with E-state index in [1.807, 2.05) is 43.4 Å². The van der Waals surface area contributed by atoms with Crippen LogP contribution in [-0.2, 0) is 0 Å². The van der Waals surface area contributed by atoms with E-state index in [-0.39, 0.29) is 22.4 Å². The van der Waals surface area contributed by atoms with Crippen molar-refractivity contribution in [2.24, 2.45) is 0 Å². The van der Waals surface area contributed by atoms with E-state index in [0.717, 1.165) is 30.8 Å². The van der Waals surface area contributed by atoms with Gasteiger partial charge in [0.25, 0.3) is 0 Å². The minimum atomic E-state index is -0.523. The summed E-state index contributed by atoms with van der Waals surface area (Å²) in [6, 6.07) is 6.89. The van der Waals surface area contributed by atoms with Gasteiger partial charge in [-0.3, -0.25) is 0 Å². The summed E-state index contributed by atoms with van der Waals surface area (Å²) < 4.78 is 15.1. The van der Waals surface area contributed by atoms with Gasteiger partial charge in [0.05, 0.1) is 11.3 Å². The number of piperidine rings is 1. The highest BCUT2D eigenvalue weighted by molar-refractivity contribution is 5.79. The van der Waals surface area contributed by atoms with Crippen LogP contribution in [0.3, 0.4) is 0 Å². The Morgan fingerprint density at radius 1 is 1.12 bits per heavy atom. The van der Waals surface area contributed by atoms with Crippen molar-refractivity contribution in [1.29, 1.82) is 0 Å². The van der Waals surface area contributed by atoms with Crippen molar-refractivity contribution in [1.82, 2.24) is 20.4 Å². The van der Waals surface area contributed by atoms with E-state index < -0.39 is 5.82 Å². The first-order valence-electron chi connectivity index (χ1n) is 11.4. The fraction of sp³-hybridized carbons (Fsp3) is 0.462. The standard InChI is InChI=1S/C26H34FN5O/c1-25(2)14-19(15-26(3,4)30-25)32(6)23-10-9-21(28-29-23)24-20(27)12-18(13-22(24)33)17-8-7-11-31(5)16-17/h7-10,12-13,16,19,30,33H,11,14-15H2,1-6H3. The van der Waals surface area contributed by atoms with Crippen LogP contribution in [0.2, 0.25) is 0 Å². The molecule has 1 aromatic heterocycles. The highest BCUT2D eigenvalue weighted by Crippen LogP contribution is 2.36. The maximum absolute atomic E-state index is 15.1. The van der Waals surface area contributed by atoms with Gasteiger partial charge in [-0.2, -0.15) is 0 Å². The Morgan fingerprint density at radius 2 is 1.82 bits per heavy atom. The molecule has 0 atom stereocenters. The molecule has 0 amide bonds. The number of aromatic nitrogens is 2. The molecule has 1 saturated heterocycles. The molecule has 4 rings (SSSR count). The Morgan fingerprint density at radius 3 is 2.39 bits per heavy atom. The summed E-state index contributed by atoms with van der Waals surface area (Å²) >= 11 is 0. The zero-order valence-corrected chi connectivity index (χ0v) is 20.4. The second kappa shape index (κ2) is 8.45. The third-order valence-electron chi connectivity index (χ3n) is 6.44. The molecule has 2 N–H and O–H groups in total. The number of anilines is 1. The minimum absolute atomic E-state index is 0.0163. The summed E-state index contributed by atoms with van der Waals surface area (Å²) in [6.07, 6.45) is 7.83. The Kier molecular flexibility index (Phi) is 5.95. The van der Waals surface area contributed by atoms with Crippen LogP contribution >= 0.6 is 0 Å². The first-order chi connectivity index (χ1) is 15.4. The molecule has 7 heteroatoms. The fourth-order valence-corrected chi connectivity index (χ4v) is 5.24. The lowest BCUT2D eigenvalue weighted by Crippen LogP contribution is -2.62. The third kappa shape index (κ3) is 5.03. The molecule has 6 nitrogen and oxygen atoms in total. The molecule has 0 aliphatic carbocycles. The Bertz CT molecular complexity index is 1050. The molecule has 2 aliphatic heterocycles. The van der Waals surface area contributed by atoms with Crippen molar-refractivity contribution in [2.45, 2.75) is 57.7 Å². The van der Waals surface area contributed by atoms with Crippen LogP contribution in [-0.4, -0.2) is 58.0 Å². The number of aromatic hydroxyl groups is 1. The summed E-state index contributed by atoms with van der Waals surface area (Å²) in [5.41, 5.74) is 1.88. The quantitative estimate of drug-likeness (QED) is 0.710. The van der Waals surface area contributed by atoms with Gasteiger partial charge in [0.2, 0.25) is 0 Å². The number of likely N-dealkylation sites (N-methyl/N-ethyl adjacent to an activating group) is 1. The van der Waals surface area contributed by atoms with Gasteiger partial charge >= 0.3 is 0 Å². The van der Waals surface area contributed by atoms with Gasteiger partial charge in [0.1, 0.15) is 11.6 Å². The van der Waals surface area contributed by atoms with Gasteiger partial charge in [0.15, 0.2) is 5.82 Å². The maximum Gasteiger partial charge on any atom is 0.151 e. The molecule has 0 bridgehead atoms. The summed E-state index contributed by atoms with van der Waals surface area (Å²) in [7, 11) is 3.98. The fourth-order valence-electron chi connectivity index (χ4n) is 5.24. The topological polar surface area (TPSA) is 64.5 Å². The largest absolute Gasteiger partial charge is 0.507 e. The van der Waals surface area contributed by atoms with Crippen LogP contribution in [0.15, 0.2) is 42.6 Å². The van der Waals surface area contributed by atoms with Crippen LogP contribution < -0.4 is 10.2 Å². The predicted molar refractivity (Wildman–Crippen MR) is 132 cm³/mol. The predicted octanol–water partition coefficient (Wildman–Crippen LogP) is 4.58. The lowest BCUT2D eigenvalue weighted by molar-refractivity contribution is 0.160. The molecule has 1 fully saturated rings. The Hall–Kier alpha value is -2.93. The summed E-state index contributed by atoms with van der Waals surface area (Å²) in [5.74, 6) is 0.0591. The number of nitrogens with zero attached hydrogens (tertiary/aromatic N) is 4. The van der Waals surface area contributed by atoms with E-state index in [2.05, 4.69) is 48.1 Å². The van der Waals surface area contributed by atoms with Gasteiger partial charge in [-0.05, 0) is 75.9 Å². The van der Waals surface area contributed by atoms with Crippen LogP contribution in [0.4, 0.5) is 10.2 Å². The summed E-state index contributed by atoms with van der Waals surface area (Å²) in [4.78, 5) is 4.16. The molecule has 0 saturated carbocycles.